The summed E-state index contributed by atoms with van der Waals surface area (Å²) in [5.41, 5.74) is 1.37. The van der Waals surface area contributed by atoms with Crippen molar-refractivity contribution < 1.29 is 22.3 Å². The molecule has 0 aliphatic carbocycles. The summed E-state index contributed by atoms with van der Waals surface area (Å²) < 4.78 is 46.0. The zero-order chi connectivity index (χ0) is 21.7. The number of nitrogens with one attached hydrogen (secondary N) is 1. The van der Waals surface area contributed by atoms with E-state index in [9.17, 15) is 17.6 Å². The van der Waals surface area contributed by atoms with E-state index in [4.69, 9.17) is 4.74 Å². The van der Waals surface area contributed by atoms with Crippen molar-refractivity contribution >= 4 is 21.6 Å². The Hall–Kier alpha value is -2.45. The van der Waals surface area contributed by atoms with Crippen LogP contribution in [-0.4, -0.2) is 38.8 Å². The number of halogens is 1. The Morgan fingerprint density at radius 2 is 1.97 bits per heavy atom. The van der Waals surface area contributed by atoms with E-state index >= 15 is 0 Å². The number of ether oxygens (including phenoxy) is 1. The third kappa shape index (κ3) is 5.37. The van der Waals surface area contributed by atoms with Gasteiger partial charge in [0.2, 0.25) is 15.9 Å². The van der Waals surface area contributed by atoms with Crippen molar-refractivity contribution in [3.63, 3.8) is 0 Å². The molecular formula is C22H27FN2O4S. The predicted octanol–water partition coefficient (Wildman–Crippen LogP) is 3.96. The fraction of sp³-hybridized carbons (Fsp3) is 0.409. The molecule has 1 aliphatic rings. The van der Waals surface area contributed by atoms with Crippen molar-refractivity contribution in [2.45, 2.75) is 37.5 Å². The van der Waals surface area contributed by atoms with E-state index < -0.39 is 15.8 Å². The average molecular weight is 435 g/mol. The summed E-state index contributed by atoms with van der Waals surface area (Å²) in [7, 11) is -2.15. The number of benzene rings is 2. The molecule has 1 fully saturated rings. The molecule has 1 saturated heterocycles. The highest BCUT2D eigenvalue weighted by Gasteiger charge is 2.30. The lowest BCUT2D eigenvalue weighted by Crippen LogP contribution is -2.40. The zero-order valence-corrected chi connectivity index (χ0v) is 18.0. The number of aryl methyl sites for hydroxylation is 1. The van der Waals surface area contributed by atoms with Crippen LogP contribution in [0, 0.1) is 18.7 Å². The minimum absolute atomic E-state index is 0.109. The number of hydrogen-bond acceptors (Lipinski definition) is 4. The first kappa shape index (κ1) is 22.2. The van der Waals surface area contributed by atoms with E-state index in [1.807, 2.05) is 6.92 Å². The van der Waals surface area contributed by atoms with Crippen LogP contribution in [0.3, 0.4) is 0 Å². The Labute approximate surface area is 177 Å². The van der Waals surface area contributed by atoms with E-state index in [1.165, 1.54) is 23.5 Å². The van der Waals surface area contributed by atoms with E-state index in [-0.39, 0.29) is 24.0 Å². The lowest BCUT2D eigenvalue weighted by atomic mass is 9.94. The van der Waals surface area contributed by atoms with Gasteiger partial charge in [-0.2, -0.15) is 4.31 Å². The van der Waals surface area contributed by atoms with Gasteiger partial charge in [-0.25, -0.2) is 12.8 Å². The number of nitrogens with zero attached hydrogens (tertiary/aromatic N) is 1. The zero-order valence-electron chi connectivity index (χ0n) is 17.2. The Morgan fingerprint density at radius 3 is 2.63 bits per heavy atom. The number of amides is 1. The maximum Gasteiger partial charge on any atom is 0.243 e. The standard InChI is InChI=1S/C22H27FN2O4S/c1-16-5-9-19(10-6-16)30(27,28)25-13-3-4-17(15-25)7-12-22(26)24-18-8-11-21(29-2)20(23)14-18/h5-6,8-11,14,17H,3-4,7,12-13,15H2,1-2H3,(H,24,26). The Kier molecular flexibility index (Phi) is 7.10. The molecule has 1 heterocycles. The second kappa shape index (κ2) is 9.57. The second-order valence-corrected chi connectivity index (χ2v) is 9.56. The van der Waals surface area contributed by atoms with Crippen molar-refractivity contribution in [2.75, 3.05) is 25.5 Å². The van der Waals surface area contributed by atoms with Crippen LogP contribution in [0.1, 0.15) is 31.2 Å². The number of carbonyl (C=O) groups is 1. The van der Waals surface area contributed by atoms with Gasteiger partial charge in [-0.15, -0.1) is 0 Å². The number of methoxy groups -OCH3 is 1. The molecule has 1 atom stereocenters. The topological polar surface area (TPSA) is 75.7 Å². The molecule has 6 nitrogen and oxygen atoms in total. The average Bonchev–Trinajstić information content (AvgIpc) is 2.73. The van der Waals surface area contributed by atoms with Gasteiger partial charge in [-0.05, 0) is 56.4 Å². The summed E-state index contributed by atoms with van der Waals surface area (Å²) in [6.07, 6.45) is 2.46. The summed E-state index contributed by atoms with van der Waals surface area (Å²) in [4.78, 5) is 12.6. The van der Waals surface area contributed by atoms with Gasteiger partial charge >= 0.3 is 0 Å². The Balaban J connectivity index is 1.55. The van der Waals surface area contributed by atoms with Crippen LogP contribution < -0.4 is 10.1 Å². The maximum atomic E-state index is 13.8. The van der Waals surface area contributed by atoms with Crippen molar-refractivity contribution in [3.8, 4) is 5.75 Å². The van der Waals surface area contributed by atoms with Gasteiger partial charge in [0.05, 0.1) is 12.0 Å². The van der Waals surface area contributed by atoms with Crippen LogP contribution in [0.5, 0.6) is 5.75 Å². The molecular weight excluding hydrogens is 407 g/mol. The van der Waals surface area contributed by atoms with Crippen LogP contribution in [0.15, 0.2) is 47.4 Å². The van der Waals surface area contributed by atoms with Crippen LogP contribution in [0.25, 0.3) is 0 Å². The number of rotatable bonds is 7. The van der Waals surface area contributed by atoms with Crippen LogP contribution in [0.2, 0.25) is 0 Å². The van der Waals surface area contributed by atoms with Crippen LogP contribution in [0.4, 0.5) is 10.1 Å². The molecule has 1 aliphatic heterocycles. The van der Waals surface area contributed by atoms with E-state index in [0.717, 1.165) is 18.4 Å². The molecule has 3 rings (SSSR count). The predicted molar refractivity (Wildman–Crippen MR) is 113 cm³/mol. The lowest BCUT2D eigenvalue weighted by molar-refractivity contribution is -0.116. The van der Waals surface area contributed by atoms with Gasteiger partial charge in [0.25, 0.3) is 0 Å². The summed E-state index contributed by atoms with van der Waals surface area (Å²) >= 11 is 0. The van der Waals surface area contributed by atoms with Crippen LogP contribution in [-0.2, 0) is 14.8 Å². The fourth-order valence-electron chi connectivity index (χ4n) is 3.64. The molecule has 0 aromatic heterocycles. The maximum absolute atomic E-state index is 13.8. The van der Waals surface area contributed by atoms with Gasteiger partial charge in [-0.3, -0.25) is 4.79 Å². The third-order valence-corrected chi connectivity index (χ3v) is 7.24. The summed E-state index contributed by atoms with van der Waals surface area (Å²) in [5, 5.41) is 2.68. The first-order valence-electron chi connectivity index (χ1n) is 10.00. The molecule has 162 valence electrons. The number of piperidine rings is 1. The minimum atomic E-state index is -3.53. The Morgan fingerprint density at radius 1 is 1.23 bits per heavy atom. The van der Waals surface area contributed by atoms with Gasteiger partial charge in [0, 0.05) is 31.3 Å². The van der Waals surface area contributed by atoms with E-state index in [2.05, 4.69) is 5.32 Å². The van der Waals surface area contributed by atoms with E-state index in [0.29, 0.717) is 30.1 Å². The van der Waals surface area contributed by atoms with E-state index in [1.54, 1.807) is 30.3 Å². The molecule has 1 amide bonds. The SMILES string of the molecule is COc1ccc(NC(=O)CCC2CCCN(S(=O)(=O)c3ccc(C)cc3)C2)cc1F. The molecule has 0 saturated carbocycles. The highest BCUT2D eigenvalue weighted by molar-refractivity contribution is 7.89. The molecule has 0 spiro atoms. The highest BCUT2D eigenvalue weighted by atomic mass is 32.2. The number of carbonyl (C=O) groups excluding carboxylic acids is 1. The second-order valence-electron chi connectivity index (χ2n) is 7.62. The molecule has 2 aromatic carbocycles. The number of sulfonamides is 1. The van der Waals surface area contributed by atoms with Gasteiger partial charge in [-0.1, -0.05) is 17.7 Å². The van der Waals surface area contributed by atoms with Crippen molar-refractivity contribution in [1.29, 1.82) is 0 Å². The molecule has 0 radical (unpaired) electrons. The lowest BCUT2D eigenvalue weighted by Gasteiger charge is -2.32. The van der Waals surface area contributed by atoms with Gasteiger partial charge < -0.3 is 10.1 Å². The quantitative estimate of drug-likeness (QED) is 0.716. The first-order valence-corrected chi connectivity index (χ1v) is 11.4. The summed E-state index contributed by atoms with van der Waals surface area (Å²) in [6.45, 7) is 2.81. The molecule has 1 N–H and O–H groups in total. The molecule has 8 heteroatoms. The summed E-state index contributed by atoms with van der Waals surface area (Å²) in [6, 6.07) is 11.1. The number of anilines is 1. The number of hydrogen-bond donors (Lipinski definition) is 1. The molecule has 0 bridgehead atoms. The fourth-order valence-corrected chi connectivity index (χ4v) is 5.20. The smallest absolute Gasteiger partial charge is 0.243 e. The first-order chi connectivity index (χ1) is 14.3. The molecule has 2 aromatic rings. The monoisotopic (exact) mass is 434 g/mol. The normalized spacial score (nSPS) is 17.5. The largest absolute Gasteiger partial charge is 0.494 e. The van der Waals surface area contributed by atoms with Crippen molar-refractivity contribution in [3.05, 3.63) is 53.8 Å². The van der Waals surface area contributed by atoms with Crippen molar-refractivity contribution in [2.24, 2.45) is 5.92 Å². The minimum Gasteiger partial charge on any atom is -0.494 e. The van der Waals surface area contributed by atoms with Gasteiger partial charge in [0.1, 0.15) is 0 Å². The molecule has 1 unspecified atom stereocenters. The van der Waals surface area contributed by atoms with Gasteiger partial charge in [0.15, 0.2) is 11.6 Å². The van der Waals surface area contributed by atoms with Crippen LogP contribution >= 0.6 is 0 Å². The molecule has 30 heavy (non-hydrogen) atoms. The Bertz CT molecular complexity index is 993. The van der Waals surface area contributed by atoms with Crippen molar-refractivity contribution in [1.82, 2.24) is 4.31 Å². The summed E-state index contributed by atoms with van der Waals surface area (Å²) in [5.74, 6) is -0.542. The highest BCUT2D eigenvalue weighted by Crippen LogP contribution is 2.27. The third-order valence-electron chi connectivity index (χ3n) is 5.36.